The van der Waals surface area contributed by atoms with Gasteiger partial charge in [0.15, 0.2) is 0 Å². The van der Waals surface area contributed by atoms with Crippen LogP contribution in [0.5, 0.6) is 0 Å². The van der Waals surface area contributed by atoms with Gasteiger partial charge >= 0.3 is 0 Å². The first-order valence-corrected chi connectivity index (χ1v) is 6.50. The average molecular weight is 227 g/mol. The molecule has 0 bridgehead atoms. The molecule has 2 nitrogen and oxygen atoms in total. The molecule has 0 aliphatic carbocycles. The Labute approximate surface area is 101 Å². The van der Waals surface area contributed by atoms with E-state index in [9.17, 15) is 0 Å². The third-order valence-electron chi connectivity index (χ3n) is 3.55. The summed E-state index contributed by atoms with van der Waals surface area (Å²) in [6.45, 7) is 18.1. The highest BCUT2D eigenvalue weighted by Gasteiger charge is 2.38. The van der Waals surface area contributed by atoms with Crippen LogP contribution in [0.1, 0.15) is 54.9 Å². The van der Waals surface area contributed by atoms with E-state index in [2.05, 4.69) is 53.4 Å². The van der Waals surface area contributed by atoms with Crippen molar-refractivity contribution < 1.29 is 4.74 Å². The average Bonchev–Trinajstić information content (AvgIpc) is 2.23. The van der Waals surface area contributed by atoms with Gasteiger partial charge in [-0.05, 0) is 39.5 Å². The van der Waals surface area contributed by atoms with Crippen LogP contribution >= 0.6 is 0 Å². The third-order valence-corrected chi connectivity index (χ3v) is 3.55. The van der Waals surface area contributed by atoms with Gasteiger partial charge in [0.05, 0.1) is 12.7 Å². The molecule has 1 unspecified atom stereocenters. The van der Waals surface area contributed by atoms with Crippen LogP contribution in [0, 0.1) is 5.41 Å². The minimum Gasteiger partial charge on any atom is -0.377 e. The lowest BCUT2D eigenvalue weighted by Crippen LogP contribution is -2.54. The van der Waals surface area contributed by atoms with Gasteiger partial charge in [0.2, 0.25) is 0 Å². The zero-order valence-corrected chi connectivity index (χ0v) is 12.1. The Kier molecular flexibility index (Phi) is 4.07. The van der Waals surface area contributed by atoms with E-state index in [1.165, 1.54) is 0 Å². The molecule has 0 aromatic carbocycles. The van der Waals surface area contributed by atoms with Crippen LogP contribution in [0.25, 0.3) is 0 Å². The fourth-order valence-electron chi connectivity index (χ4n) is 2.43. The quantitative estimate of drug-likeness (QED) is 0.629. The van der Waals surface area contributed by atoms with Gasteiger partial charge < -0.3 is 4.74 Å². The van der Waals surface area contributed by atoms with Crippen molar-refractivity contribution in [1.29, 1.82) is 0 Å². The Morgan fingerprint density at radius 1 is 1.06 bits per heavy atom. The zero-order valence-electron chi connectivity index (χ0n) is 12.1. The molecule has 2 heteroatoms. The number of hydrogen-bond acceptors (Lipinski definition) is 2. The van der Waals surface area contributed by atoms with Crippen molar-refractivity contribution in [2.75, 3.05) is 13.2 Å². The Balaban J connectivity index is 2.90. The monoisotopic (exact) mass is 227 g/mol. The Bertz CT molecular complexity index is 200. The van der Waals surface area contributed by atoms with Crippen molar-refractivity contribution in [1.82, 2.24) is 4.90 Å². The molecule has 0 radical (unpaired) electrons. The second-order valence-electron chi connectivity index (χ2n) is 7.18. The van der Waals surface area contributed by atoms with Crippen molar-refractivity contribution in [3.63, 3.8) is 0 Å². The lowest BCUT2D eigenvalue weighted by Gasteiger charge is -2.46. The summed E-state index contributed by atoms with van der Waals surface area (Å²) in [6.07, 6.45) is 1.54. The molecule has 1 fully saturated rings. The van der Waals surface area contributed by atoms with Crippen molar-refractivity contribution in [2.24, 2.45) is 5.41 Å². The molecule has 0 spiro atoms. The summed E-state index contributed by atoms with van der Waals surface area (Å²) in [7, 11) is 0. The van der Waals surface area contributed by atoms with E-state index < -0.39 is 0 Å². The molecule has 1 aliphatic heterocycles. The number of nitrogens with zero attached hydrogens (tertiary/aromatic N) is 1. The van der Waals surface area contributed by atoms with E-state index in [1.54, 1.807) is 0 Å². The smallest absolute Gasteiger partial charge is 0.0630 e. The second-order valence-corrected chi connectivity index (χ2v) is 7.18. The van der Waals surface area contributed by atoms with Gasteiger partial charge in [-0.2, -0.15) is 0 Å². The Morgan fingerprint density at radius 2 is 1.62 bits per heavy atom. The minimum atomic E-state index is 0.228. The van der Waals surface area contributed by atoms with E-state index in [1.807, 2.05) is 0 Å². The van der Waals surface area contributed by atoms with Gasteiger partial charge in [0.1, 0.15) is 0 Å². The largest absolute Gasteiger partial charge is 0.377 e. The maximum Gasteiger partial charge on any atom is 0.0630 e. The third kappa shape index (κ3) is 3.46. The molecular formula is C14H29NO. The van der Waals surface area contributed by atoms with Gasteiger partial charge in [-0.3, -0.25) is 4.90 Å². The van der Waals surface area contributed by atoms with Gasteiger partial charge in [0.25, 0.3) is 0 Å². The van der Waals surface area contributed by atoms with Crippen molar-refractivity contribution >= 4 is 0 Å². The highest BCUT2D eigenvalue weighted by atomic mass is 16.5. The summed E-state index contributed by atoms with van der Waals surface area (Å²) in [5.74, 6) is 0. The minimum absolute atomic E-state index is 0.228. The van der Waals surface area contributed by atoms with Crippen molar-refractivity contribution in [2.45, 2.75) is 72.6 Å². The summed E-state index contributed by atoms with van der Waals surface area (Å²) in [4.78, 5) is 2.62. The van der Waals surface area contributed by atoms with Crippen LogP contribution in [0.15, 0.2) is 0 Å². The van der Waals surface area contributed by atoms with Gasteiger partial charge in [0, 0.05) is 18.1 Å². The topological polar surface area (TPSA) is 12.5 Å². The summed E-state index contributed by atoms with van der Waals surface area (Å²) >= 11 is 0. The molecule has 1 aliphatic rings. The summed E-state index contributed by atoms with van der Waals surface area (Å²) < 4.78 is 5.93. The van der Waals surface area contributed by atoms with Gasteiger partial charge in [-0.15, -0.1) is 0 Å². The first kappa shape index (κ1) is 14.0. The maximum atomic E-state index is 5.93. The number of rotatable bonds is 0. The predicted octanol–water partition coefficient (Wildman–Crippen LogP) is 3.31. The van der Waals surface area contributed by atoms with Crippen LogP contribution < -0.4 is 0 Å². The SMILES string of the molecule is CC1CCN(C(C)(C)C)[C@H](C(C)(C)C)CO1. The van der Waals surface area contributed by atoms with Crippen LogP contribution in [0.2, 0.25) is 0 Å². The highest BCUT2D eigenvalue weighted by Crippen LogP contribution is 2.32. The van der Waals surface area contributed by atoms with E-state index in [0.29, 0.717) is 12.1 Å². The van der Waals surface area contributed by atoms with E-state index >= 15 is 0 Å². The van der Waals surface area contributed by atoms with E-state index in [0.717, 1.165) is 19.6 Å². The second kappa shape index (κ2) is 4.66. The molecule has 0 N–H and O–H groups in total. The normalized spacial score (nSPS) is 30.2. The number of hydrogen-bond donors (Lipinski definition) is 0. The lowest BCUT2D eigenvalue weighted by atomic mass is 9.84. The molecule has 2 atom stereocenters. The first-order valence-electron chi connectivity index (χ1n) is 6.50. The molecule has 0 amide bonds. The van der Waals surface area contributed by atoms with Crippen molar-refractivity contribution in [3.8, 4) is 0 Å². The van der Waals surface area contributed by atoms with Crippen LogP contribution in [0.3, 0.4) is 0 Å². The molecule has 0 saturated carbocycles. The fourth-order valence-corrected chi connectivity index (χ4v) is 2.43. The predicted molar refractivity (Wildman–Crippen MR) is 69.7 cm³/mol. The molecule has 0 aromatic heterocycles. The summed E-state index contributed by atoms with van der Waals surface area (Å²) in [5.41, 5.74) is 0.503. The molecular weight excluding hydrogens is 198 g/mol. The van der Waals surface area contributed by atoms with Gasteiger partial charge in [-0.1, -0.05) is 20.8 Å². The van der Waals surface area contributed by atoms with Crippen molar-refractivity contribution in [3.05, 3.63) is 0 Å². The first-order chi connectivity index (χ1) is 7.12. The van der Waals surface area contributed by atoms with Crippen LogP contribution in [-0.4, -0.2) is 35.7 Å². The molecule has 1 saturated heterocycles. The molecule has 96 valence electrons. The molecule has 1 heterocycles. The zero-order chi connectivity index (χ0) is 12.6. The number of ether oxygens (including phenoxy) is 1. The van der Waals surface area contributed by atoms with Crippen LogP contribution in [-0.2, 0) is 4.74 Å². The standard InChI is InChI=1S/C14H29NO/c1-11-8-9-15(14(5,6)7)12(10-16-11)13(2,3)4/h11-12H,8-10H2,1-7H3/t11?,12-/m0/s1. The van der Waals surface area contributed by atoms with Crippen LogP contribution in [0.4, 0.5) is 0 Å². The molecule has 1 rings (SSSR count). The summed E-state index contributed by atoms with van der Waals surface area (Å²) in [6, 6.07) is 0.512. The Morgan fingerprint density at radius 3 is 2.06 bits per heavy atom. The van der Waals surface area contributed by atoms with Gasteiger partial charge in [-0.25, -0.2) is 0 Å². The molecule has 0 aromatic rings. The maximum absolute atomic E-state index is 5.93. The Hall–Kier alpha value is -0.0800. The van der Waals surface area contributed by atoms with E-state index in [-0.39, 0.29) is 11.0 Å². The highest BCUT2D eigenvalue weighted by molar-refractivity contribution is 4.91. The fraction of sp³-hybridized carbons (Fsp3) is 1.00. The molecule has 16 heavy (non-hydrogen) atoms. The van der Waals surface area contributed by atoms with E-state index in [4.69, 9.17) is 4.74 Å². The lowest BCUT2D eigenvalue weighted by molar-refractivity contribution is -0.0153. The summed E-state index contributed by atoms with van der Waals surface area (Å²) in [5, 5.41) is 0.